The molecule has 0 radical (unpaired) electrons. The Balaban J connectivity index is 1.91. The third-order valence-corrected chi connectivity index (χ3v) is 6.59. The highest BCUT2D eigenvalue weighted by molar-refractivity contribution is 6.07. The highest BCUT2D eigenvalue weighted by Gasteiger charge is 2.30. The minimum absolute atomic E-state index is 0.123. The normalized spacial score (nSPS) is 14.1. The van der Waals surface area contributed by atoms with Crippen molar-refractivity contribution in [1.29, 1.82) is 0 Å². The fourth-order valence-electron chi connectivity index (χ4n) is 5.03. The molecule has 1 unspecified atom stereocenters. The molecule has 0 fully saturated rings. The van der Waals surface area contributed by atoms with Crippen molar-refractivity contribution in [1.82, 2.24) is 9.97 Å². The van der Waals surface area contributed by atoms with Crippen LogP contribution in [0.2, 0.25) is 0 Å². The number of aliphatic hydroxyl groups excluding tert-OH is 1. The summed E-state index contributed by atoms with van der Waals surface area (Å²) >= 11 is 0. The van der Waals surface area contributed by atoms with Crippen LogP contribution < -0.4 is 4.74 Å². The van der Waals surface area contributed by atoms with Crippen LogP contribution in [0.1, 0.15) is 49.3 Å². The quantitative estimate of drug-likeness (QED) is 0.328. The Hall–Kier alpha value is -3.48. The molecule has 186 valence electrons. The van der Waals surface area contributed by atoms with Gasteiger partial charge in [0, 0.05) is 29.0 Å². The van der Waals surface area contributed by atoms with Crippen LogP contribution >= 0.6 is 0 Å². The van der Waals surface area contributed by atoms with Gasteiger partial charge in [0.2, 0.25) is 0 Å². The number of benzene rings is 2. The SMILES string of the molecule is C=C(OC)C(OC(C)(C)C)c1c(C)cc2nc(CO)ccc2c1-c1ccc2c3c(ccnc13)CCO2. The number of aryl methyl sites for hydroxylation is 1. The first-order chi connectivity index (χ1) is 17.2. The predicted octanol–water partition coefficient (Wildman–Crippen LogP) is 6.20. The van der Waals surface area contributed by atoms with E-state index < -0.39 is 11.7 Å². The van der Waals surface area contributed by atoms with Crippen molar-refractivity contribution in [2.75, 3.05) is 13.7 Å². The average molecular weight is 485 g/mol. The molecular weight excluding hydrogens is 452 g/mol. The zero-order valence-electron chi connectivity index (χ0n) is 21.5. The van der Waals surface area contributed by atoms with Gasteiger partial charge < -0.3 is 19.3 Å². The third kappa shape index (κ3) is 4.21. The minimum Gasteiger partial charge on any atom is -0.499 e. The Kier molecular flexibility index (Phi) is 6.18. The van der Waals surface area contributed by atoms with Crippen molar-refractivity contribution in [2.45, 2.75) is 52.4 Å². The average Bonchev–Trinajstić information content (AvgIpc) is 2.86. The molecule has 0 spiro atoms. The monoisotopic (exact) mass is 484 g/mol. The molecule has 1 atom stereocenters. The number of aliphatic hydroxyl groups is 1. The van der Waals surface area contributed by atoms with Crippen molar-refractivity contribution in [2.24, 2.45) is 0 Å². The van der Waals surface area contributed by atoms with Crippen LogP contribution in [0.25, 0.3) is 32.9 Å². The van der Waals surface area contributed by atoms with E-state index in [1.165, 1.54) is 5.56 Å². The summed E-state index contributed by atoms with van der Waals surface area (Å²) in [6.07, 6.45) is 2.19. The van der Waals surface area contributed by atoms with Crippen LogP contribution in [0.3, 0.4) is 0 Å². The molecule has 5 rings (SSSR count). The van der Waals surface area contributed by atoms with Crippen molar-refractivity contribution < 1.29 is 19.3 Å². The molecule has 2 aromatic carbocycles. The highest BCUT2D eigenvalue weighted by atomic mass is 16.5. The van der Waals surface area contributed by atoms with E-state index in [-0.39, 0.29) is 6.61 Å². The lowest BCUT2D eigenvalue weighted by Gasteiger charge is -2.31. The fourth-order valence-corrected chi connectivity index (χ4v) is 5.03. The lowest BCUT2D eigenvalue weighted by Crippen LogP contribution is -2.25. The fraction of sp³-hybridized carbons (Fsp3) is 0.333. The van der Waals surface area contributed by atoms with Crippen molar-refractivity contribution >= 4 is 21.8 Å². The smallest absolute Gasteiger partial charge is 0.140 e. The van der Waals surface area contributed by atoms with Gasteiger partial charge in [-0.15, -0.1) is 0 Å². The maximum absolute atomic E-state index is 9.73. The van der Waals surface area contributed by atoms with Gasteiger partial charge in [-0.25, -0.2) is 0 Å². The first-order valence-corrected chi connectivity index (χ1v) is 12.2. The summed E-state index contributed by atoms with van der Waals surface area (Å²) in [5, 5.41) is 11.7. The van der Waals surface area contributed by atoms with Crippen LogP contribution in [-0.2, 0) is 22.5 Å². The maximum Gasteiger partial charge on any atom is 0.140 e. The summed E-state index contributed by atoms with van der Waals surface area (Å²) in [7, 11) is 1.62. The molecule has 1 aliphatic heterocycles. The second kappa shape index (κ2) is 9.19. The van der Waals surface area contributed by atoms with E-state index in [0.717, 1.165) is 56.2 Å². The summed E-state index contributed by atoms with van der Waals surface area (Å²) in [5.41, 5.74) is 6.96. The Bertz CT molecular complexity index is 1480. The molecule has 0 amide bonds. The number of aromatic nitrogens is 2. The van der Waals surface area contributed by atoms with Gasteiger partial charge in [0.05, 0.1) is 42.7 Å². The topological polar surface area (TPSA) is 73.7 Å². The van der Waals surface area contributed by atoms with E-state index in [4.69, 9.17) is 24.2 Å². The zero-order valence-corrected chi connectivity index (χ0v) is 21.5. The van der Waals surface area contributed by atoms with Crippen molar-refractivity contribution in [3.05, 3.63) is 77.3 Å². The van der Waals surface area contributed by atoms with Crippen LogP contribution in [0.4, 0.5) is 0 Å². The molecule has 6 heteroatoms. The predicted molar refractivity (Wildman–Crippen MR) is 142 cm³/mol. The summed E-state index contributed by atoms with van der Waals surface area (Å²) in [6, 6.07) is 12.1. The molecule has 4 aromatic rings. The highest BCUT2D eigenvalue weighted by Crippen LogP contribution is 2.46. The molecule has 3 heterocycles. The lowest BCUT2D eigenvalue weighted by molar-refractivity contribution is -0.0631. The molecule has 2 aromatic heterocycles. The van der Waals surface area contributed by atoms with Crippen LogP contribution in [0.5, 0.6) is 5.75 Å². The number of rotatable bonds is 6. The van der Waals surface area contributed by atoms with Gasteiger partial charge in [0.25, 0.3) is 0 Å². The summed E-state index contributed by atoms with van der Waals surface area (Å²) < 4.78 is 18.2. The van der Waals surface area contributed by atoms with Gasteiger partial charge in [-0.2, -0.15) is 0 Å². The number of pyridine rings is 2. The zero-order chi connectivity index (χ0) is 25.6. The van der Waals surface area contributed by atoms with E-state index in [2.05, 4.69) is 25.6 Å². The second-order valence-electron chi connectivity index (χ2n) is 10.2. The Morgan fingerprint density at radius 3 is 2.72 bits per heavy atom. The van der Waals surface area contributed by atoms with Crippen molar-refractivity contribution in [3.63, 3.8) is 0 Å². The standard InChI is InChI=1S/C30H32N2O4/c1-17-15-23-21(8-7-20(16-33)32-23)27(25(17)29(18(2)34-6)36-30(3,4)5)22-9-10-24-26-19(12-14-35-24)11-13-31-28(22)26/h7-11,13,15,29,33H,2,12,14,16H2,1,3-6H3. The summed E-state index contributed by atoms with van der Waals surface area (Å²) in [6.45, 7) is 12.9. The molecule has 0 saturated carbocycles. The van der Waals surface area contributed by atoms with Gasteiger partial charge in [-0.3, -0.25) is 9.97 Å². The second-order valence-corrected chi connectivity index (χ2v) is 10.2. The van der Waals surface area contributed by atoms with E-state index in [9.17, 15) is 5.11 Å². The van der Waals surface area contributed by atoms with E-state index in [1.54, 1.807) is 7.11 Å². The maximum atomic E-state index is 9.73. The Morgan fingerprint density at radius 1 is 1.19 bits per heavy atom. The molecular formula is C30H32N2O4. The van der Waals surface area contributed by atoms with Crippen LogP contribution in [0.15, 0.2) is 54.9 Å². The van der Waals surface area contributed by atoms with E-state index >= 15 is 0 Å². The van der Waals surface area contributed by atoms with Crippen LogP contribution in [0, 0.1) is 6.92 Å². The van der Waals surface area contributed by atoms with Gasteiger partial charge in [-0.05, 0) is 80.3 Å². The summed E-state index contributed by atoms with van der Waals surface area (Å²) in [4.78, 5) is 9.57. The lowest BCUT2D eigenvalue weighted by atomic mass is 9.86. The Morgan fingerprint density at radius 2 is 2.00 bits per heavy atom. The largest absolute Gasteiger partial charge is 0.499 e. The molecule has 36 heavy (non-hydrogen) atoms. The number of fused-ring (bicyclic) bond motifs is 1. The first-order valence-electron chi connectivity index (χ1n) is 12.2. The molecule has 1 aliphatic rings. The molecule has 1 N–H and O–H groups in total. The molecule has 0 saturated heterocycles. The first kappa shape index (κ1) is 24.2. The number of hydrogen-bond acceptors (Lipinski definition) is 6. The summed E-state index contributed by atoms with van der Waals surface area (Å²) in [5.74, 6) is 1.37. The number of nitrogens with zero attached hydrogens (tertiary/aromatic N) is 2. The molecule has 0 bridgehead atoms. The Labute approximate surface area is 211 Å². The minimum atomic E-state index is -0.519. The van der Waals surface area contributed by atoms with Gasteiger partial charge >= 0.3 is 0 Å². The van der Waals surface area contributed by atoms with Crippen LogP contribution in [-0.4, -0.2) is 34.4 Å². The molecule has 6 nitrogen and oxygen atoms in total. The van der Waals surface area contributed by atoms with Gasteiger partial charge in [-0.1, -0.05) is 12.6 Å². The molecule has 0 aliphatic carbocycles. The van der Waals surface area contributed by atoms with E-state index in [0.29, 0.717) is 18.1 Å². The number of ether oxygens (including phenoxy) is 3. The van der Waals surface area contributed by atoms with Gasteiger partial charge in [0.15, 0.2) is 0 Å². The number of methoxy groups -OCH3 is 1. The van der Waals surface area contributed by atoms with Crippen molar-refractivity contribution in [3.8, 4) is 16.9 Å². The van der Waals surface area contributed by atoms with Gasteiger partial charge in [0.1, 0.15) is 17.6 Å². The number of hydrogen-bond donors (Lipinski definition) is 1. The third-order valence-electron chi connectivity index (χ3n) is 6.59. The van der Waals surface area contributed by atoms with E-state index in [1.807, 2.05) is 51.2 Å².